The molecule has 0 aromatic heterocycles. The molecule has 0 bridgehead atoms. The highest BCUT2D eigenvalue weighted by Crippen LogP contribution is 2.33. The summed E-state index contributed by atoms with van der Waals surface area (Å²) in [7, 11) is 0. The number of carbonyl (C=O) groups is 1. The van der Waals surface area contributed by atoms with Gasteiger partial charge in [-0.1, -0.05) is 13.8 Å². The molecule has 0 spiro atoms. The molecule has 5 nitrogen and oxygen atoms in total. The lowest BCUT2D eigenvalue weighted by atomic mass is 9.95. The van der Waals surface area contributed by atoms with Crippen molar-refractivity contribution in [1.82, 2.24) is 5.43 Å². The molecule has 3 N–H and O–H groups in total. The van der Waals surface area contributed by atoms with Gasteiger partial charge < -0.3 is 10.2 Å². The summed E-state index contributed by atoms with van der Waals surface area (Å²) < 4.78 is 0. The van der Waals surface area contributed by atoms with Gasteiger partial charge in [0.1, 0.15) is 11.5 Å². The first kappa shape index (κ1) is 12.4. The van der Waals surface area contributed by atoms with Crippen molar-refractivity contribution in [3.8, 4) is 11.5 Å². The quantitative estimate of drug-likeness (QED) is 0.746. The summed E-state index contributed by atoms with van der Waals surface area (Å²) in [6, 6.07) is 3.05. The molecule has 0 radical (unpaired) electrons. The number of phenolic OH excluding ortho intramolecular Hbond substituents is 2. The minimum Gasteiger partial charge on any atom is -0.508 e. The second kappa shape index (κ2) is 4.68. The molecule has 0 saturated carbocycles. The minimum absolute atomic E-state index is 0.0215. The summed E-state index contributed by atoms with van der Waals surface area (Å²) in [6.07, 6.45) is 0.845. The van der Waals surface area contributed by atoms with Crippen molar-refractivity contribution in [2.75, 3.05) is 0 Å². The first-order valence-electron chi connectivity index (χ1n) is 5.90. The van der Waals surface area contributed by atoms with E-state index in [-0.39, 0.29) is 23.3 Å². The zero-order valence-corrected chi connectivity index (χ0v) is 10.4. The normalized spacial score (nSPS) is 15.5. The smallest absolute Gasteiger partial charge is 0.240 e. The van der Waals surface area contributed by atoms with Gasteiger partial charge in [-0.05, 0) is 17.5 Å². The topological polar surface area (TPSA) is 81.9 Å². The van der Waals surface area contributed by atoms with Crippen molar-refractivity contribution >= 4 is 11.6 Å². The molecule has 5 heteroatoms. The molecule has 2 rings (SSSR count). The van der Waals surface area contributed by atoms with Crippen molar-refractivity contribution in [3.05, 3.63) is 23.3 Å². The van der Waals surface area contributed by atoms with E-state index >= 15 is 0 Å². The Labute approximate surface area is 105 Å². The summed E-state index contributed by atoms with van der Waals surface area (Å²) in [5.74, 6) is 0.0720. The van der Waals surface area contributed by atoms with Gasteiger partial charge in [-0.3, -0.25) is 4.79 Å². The fourth-order valence-corrected chi connectivity index (χ4v) is 1.96. The van der Waals surface area contributed by atoms with Crippen LogP contribution in [0.2, 0.25) is 0 Å². The zero-order valence-electron chi connectivity index (χ0n) is 10.4. The summed E-state index contributed by atoms with van der Waals surface area (Å²) in [5, 5.41) is 23.6. The first-order valence-corrected chi connectivity index (χ1v) is 5.90. The van der Waals surface area contributed by atoms with Crippen LogP contribution in [0.25, 0.3) is 0 Å². The summed E-state index contributed by atoms with van der Waals surface area (Å²) in [5.41, 5.74) is 4.35. The SMILES string of the molecule is CC(C)c1cc(C2=NNC(=O)CC2)c(O)cc1O. The fourth-order valence-electron chi connectivity index (χ4n) is 1.96. The fraction of sp³-hybridized carbons (Fsp3) is 0.385. The third-order valence-electron chi connectivity index (χ3n) is 2.98. The molecular weight excluding hydrogens is 232 g/mol. The maximum absolute atomic E-state index is 11.0. The van der Waals surface area contributed by atoms with Gasteiger partial charge in [0.15, 0.2) is 0 Å². The Bertz CT molecular complexity index is 521. The van der Waals surface area contributed by atoms with Crippen molar-refractivity contribution in [2.24, 2.45) is 5.10 Å². The van der Waals surface area contributed by atoms with Crippen molar-refractivity contribution < 1.29 is 15.0 Å². The van der Waals surface area contributed by atoms with Crippen LogP contribution in [-0.2, 0) is 4.79 Å². The monoisotopic (exact) mass is 248 g/mol. The number of benzene rings is 1. The number of hydrogen-bond acceptors (Lipinski definition) is 4. The van der Waals surface area contributed by atoms with Gasteiger partial charge in [0.25, 0.3) is 0 Å². The van der Waals surface area contributed by atoms with Crippen LogP contribution in [0.4, 0.5) is 0 Å². The van der Waals surface area contributed by atoms with E-state index < -0.39 is 0 Å². The number of hydrogen-bond donors (Lipinski definition) is 3. The lowest BCUT2D eigenvalue weighted by Crippen LogP contribution is -2.26. The molecule has 96 valence electrons. The molecular formula is C13H16N2O3. The molecule has 0 saturated heterocycles. The van der Waals surface area contributed by atoms with E-state index in [2.05, 4.69) is 10.5 Å². The molecule has 1 aromatic carbocycles. The molecule has 18 heavy (non-hydrogen) atoms. The van der Waals surface area contributed by atoms with Crippen LogP contribution in [-0.4, -0.2) is 21.8 Å². The molecule has 0 fully saturated rings. The van der Waals surface area contributed by atoms with Crippen LogP contribution < -0.4 is 5.43 Å². The predicted octanol–water partition coefficient (Wildman–Crippen LogP) is 1.84. The second-order valence-corrected chi connectivity index (χ2v) is 4.68. The number of nitrogens with one attached hydrogen (secondary N) is 1. The number of aromatic hydroxyl groups is 2. The Morgan fingerprint density at radius 2 is 1.94 bits per heavy atom. The van der Waals surface area contributed by atoms with Crippen LogP contribution in [0.1, 0.15) is 43.7 Å². The average molecular weight is 248 g/mol. The lowest BCUT2D eigenvalue weighted by molar-refractivity contribution is -0.121. The van der Waals surface area contributed by atoms with Gasteiger partial charge in [-0.15, -0.1) is 0 Å². The van der Waals surface area contributed by atoms with E-state index in [0.29, 0.717) is 24.1 Å². The number of amides is 1. The first-order chi connectivity index (χ1) is 8.49. The highest BCUT2D eigenvalue weighted by molar-refractivity contribution is 6.06. The van der Waals surface area contributed by atoms with Crippen molar-refractivity contribution in [2.45, 2.75) is 32.6 Å². The lowest BCUT2D eigenvalue weighted by Gasteiger charge is -2.16. The van der Waals surface area contributed by atoms with E-state index in [9.17, 15) is 15.0 Å². The van der Waals surface area contributed by atoms with Crippen molar-refractivity contribution in [1.29, 1.82) is 0 Å². The van der Waals surface area contributed by atoms with Gasteiger partial charge in [0, 0.05) is 24.5 Å². The van der Waals surface area contributed by atoms with Gasteiger partial charge >= 0.3 is 0 Å². The zero-order chi connectivity index (χ0) is 13.3. The Kier molecular flexibility index (Phi) is 3.23. The average Bonchev–Trinajstić information content (AvgIpc) is 2.30. The summed E-state index contributed by atoms with van der Waals surface area (Å²) in [6.45, 7) is 3.92. The maximum Gasteiger partial charge on any atom is 0.240 e. The number of hydrazone groups is 1. The number of nitrogens with zero attached hydrogens (tertiary/aromatic N) is 1. The third-order valence-corrected chi connectivity index (χ3v) is 2.98. The van der Waals surface area contributed by atoms with Gasteiger partial charge in [0.05, 0.1) is 5.71 Å². The standard InChI is InChI=1S/C13H16N2O3/c1-7(2)8-5-9(12(17)6-11(8)16)10-3-4-13(18)15-14-10/h5-7,16-17H,3-4H2,1-2H3,(H,15,18). The highest BCUT2D eigenvalue weighted by atomic mass is 16.3. The number of carbonyl (C=O) groups excluding carboxylic acids is 1. The molecule has 1 aliphatic rings. The summed E-state index contributed by atoms with van der Waals surface area (Å²) in [4.78, 5) is 11.0. The molecule has 1 amide bonds. The van der Waals surface area contributed by atoms with Crippen LogP contribution >= 0.6 is 0 Å². The number of rotatable bonds is 2. The van der Waals surface area contributed by atoms with Gasteiger partial charge in [-0.25, -0.2) is 5.43 Å². The van der Waals surface area contributed by atoms with Gasteiger partial charge in [-0.2, -0.15) is 5.10 Å². The van der Waals surface area contributed by atoms with Crippen LogP contribution in [0.15, 0.2) is 17.2 Å². The largest absolute Gasteiger partial charge is 0.508 e. The van der Waals surface area contributed by atoms with E-state index in [1.54, 1.807) is 6.07 Å². The second-order valence-electron chi connectivity index (χ2n) is 4.68. The van der Waals surface area contributed by atoms with Crippen molar-refractivity contribution in [3.63, 3.8) is 0 Å². The predicted molar refractivity (Wildman–Crippen MR) is 67.8 cm³/mol. The highest BCUT2D eigenvalue weighted by Gasteiger charge is 2.19. The maximum atomic E-state index is 11.0. The van der Waals surface area contributed by atoms with E-state index in [0.717, 1.165) is 5.56 Å². The number of phenols is 2. The summed E-state index contributed by atoms with van der Waals surface area (Å²) >= 11 is 0. The molecule has 0 atom stereocenters. The van der Waals surface area contributed by atoms with E-state index in [4.69, 9.17) is 0 Å². The third kappa shape index (κ3) is 2.30. The van der Waals surface area contributed by atoms with Crippen LogP contribution in [0, 0.1) is 0 Å². The Morgan fingerprint density at radius 1 is 1.22 bits per heavy atom. The molecule has 0 aliphatic carbocycles. The molecule has 1 aromatic rings. The molecule has 1 aliphatic heterocycles. The van der Waals surface area contributed by atoms with Crippen LogP contribution in [0.5, 0.6) is 11.5 Å². The Morgan fingerprint density at radius 3 is 2.50 bits per heavy atom. The van der Waals surface area contributed by atoms with Crippen LogP contribution in [0.3, 0.4) is 0 Å². The minimum atomic E-state index is -0.124. The van der Waals surface area contributed by atoms with E-state index in [1.807, 2.05) is 13.8 Å². The van der Waals surface area contributed by atoms with Gasteiger partial charge in [0.2, 0.25) is 5.91 Å². The molecule has 0 unspecified atom stereocenters. The molecule has 1 heterocycles. The Balaban J connectivity index is 2.44. The van der Waals surface area contributed by atoms with E-state index in [1.165, 1.54) is 6.07 Å². The Hall–Kier alpha value is -2.04.